The summed E-state index contributed by atoms with van der Waals surface area (Å²) in [6, 6.07) is 9.07. The molecule has 0 aliphatic carbocycles. The summed E-state index contributed by atoms with van der Waals surface area (Å²) in [4.78, 5) is 12.3. The van der Waals surface area contributed by atoms with Crippen LogP contribution in [0.4, 0.5) is 5.82 Å². The van der Waals surface area contributed by atoms with E-state index >= 15 is 0 Å². The standard InChI is InChI=1S/C18H26N4O2/c1-12-8-6-7-9-14(12)22-16(10-15(21-22)18(2,3)4)20-17(23)13(19)11-24-5/h6-10,13H,11,19H2,1-5H3,(H,20,23). The number of amides is 1. The molecule has 6 heteroatoms. The Morgan fingerprint density at radius 1 is 1.38 bits per heavy atom. The van der Waals surface area contributed by atoms with E-state index in [1.807, 2.05) is 37.3 Å². The molecular formula is C18H26N4O2. The van der Waals surface area contributed by atoms with Gasteiger partial charge in [0, 0.05) is 18.6 Å². The SMILES string of the molecule is COCC(N)C(=O)Nc1cc(C(C)(C)C)nn1-c1ccccc1C. The number of nitrogens with two attached hydrogens (primary N) is 1. The first-order valence-corrected chi connectivity index (χ1v) is 7.96. The average Bonchev–Trinajstić information content (AvgIpc) is 2.92. The van der Waals surface area contributed by atoms with Gasteiger partial charge in [-0.05, 0) is 18.6 Å². The van der Waals surface area contributed by atoms with Gasteiger partial charge in [0.05, 0.1) is 18.0 Å². The molecular weight excluding hydrogens is 304 g/mol. The summed E-state index contributed by atoms with van der Waals surface area (Å²) < 4.78 is 6.70. The molecule has 1 heterocycles. The highest BCUT2D eigenvalue weighted by molar-refractivity contribution is 5.94. The largest absolute Gasteiger partial charge is 0.383 e. The predicted molar refractivity (Wildman–Crippen MR) is 95.5 cm³/mol. The second-order valence-electron chi connectivity index (χ2n) is 6.91. The number of aromatic nitrogens is 2. The fraction of sp³-hybridized carbons (Fsp3) is 0.444. The number of anilines is 1. The van der Waals surface area contributed by atoms with Crippen molar-refractivity contribution in [2.24, 2.45) is 5.73 Å². The summed E-state index contributed by atoms with van der Waals surface area (Å²) in [6.45, 7) is 8.42. The minimum absolute atomic E-state index is 0.137. The van der Waals surface area contributed by atoms with Crippen molar-refractivity contribution in [2.45, 2.75) is 39.2 Å². The van der Waals surface area contributed by atoms with Crippen LogP contribution in [0.5, 0.6) is 0 Å². The van der Waals surface area contributed by atoms with E-state index in [1.165, 1.54) is 7.11 Å². The summed E-state index contributed by atoms with van der Waals surface area (Å²) in [5.74, 6) is 0.304. The van der Waals surface area contributed by atoms with E-state index in [0.29, 0.717) is 5.82 Å². The van der Waals surface area contributed by atoms with Crippen molar-refractivity contribution in [2.75, 3.05) is 19.0 Å². The zero-order chi connectivity index (χ0) is 17.9. The van der Waals surface area contributed by atoms with Crippen molar-refractivity contribution in [1.82, 2.24) is 9.78 Å². The minimum Gasteiger partial charge on any atom is -0.383 e. The maximum atomic E-state index is 12.3. The second-order valence-corrected chi connectivity index (χ2v) is 6.91. The maximum absolute atomic E-state index is 12.3. The van der Waals surface area contributed by atoms with E-state index in [1.54, 1.807) is 4.68 Å². The number of nitrogens with one attached hydrogen (secondary N) is 1. The van der Waals surface area contributed by atoms with E-state index < -0.39 is 6.04 Å². The molecule has 0 radical (unpaired) electrons. The highest BCUT2D eigenvalue weighted by Crippen LogP contribution is 2.27. The van der Waals surface area contributed by atoms with Crippen LogP contribution in [0.25, 0.3) is 5.69 Å². The van der Waals surface area contributed by atoms with Crippen molar-refractivity contribution in [3.63, 3.8) is 0 Å². The molecule has 1 aromatic heterocycles. The van der Waals surface area contributed by atoms with Gasteiger partial charge in [-0.25, -0.2) is 4.68 Å². The Labute approximate surface area is 143 Å². The third kappa shape index (κ3) is 4.01. The summed E-state index contributed by atoms with van der Waals surface area (Å²) in [6.07, 6.45) is 0. The molecule has 0 fully saturated rings. The molecule has 0 spiro atoms. The number of hydrogen-bond acceptors (Lipinski definition) is 4. The van der Waals surface area contributed by atoms with Crippen LogP contribution in [-0.2, 0) is 14.9 Å². The molecule has 1 unspecified atom stereocenters. The molecule has 1 amide bonds. The van der Waals surface area contributed by atoms with Crippen LogP contribution in [0.2, 0.25) is 0 Å². The van der Waals surface area contributed by atoms with Gasteiger partial charge in [0.1, 0.15) is 11.9 Å². The number of ether oxygens (including phenoxy) is 1. The van der Waals surface area contributed by atoms with Gasteiger partial charge in [-0.1, -0.05) is 39.0 Å². The number of para-hydroxylation sites is 1. The smallest absolute Gasteiger partial charge is 0.244 e. The molecule has 0 aliphatic rings. The normalized spacial score (nSPS) is 12.9. The molecule has 1 atom stereocenters. The van der Waals surface area contributed by atoms with Crippen molar-refractivity contribution in [3.05, 3.63) is 41.6 Å². The summed E-state index contributed by atoms with van der Waals surface area (Å²) >= 11 is 0. The Morgan fingerprint density at radius 3 is 2.62 bits per heavy atom. The Morgan fingerprint density at radius 2 is 2.04 bits per heavy atom. The van der Waals surface area contributed by atoms with Crippen LogP contribution < -0.4 is 11.1 Å². The Balaban J connectivity index is 2.44. The Hall–Kier alpha value is -2.18. The van der Waals surface area contributed by atoms with Gasteiger partial charge in [0.15, 0.2) is 0 Å². The van der Waals surface area contributed by atoms with Gasteiger partial charge in [0.25, 0.3) is 0 Å². The third-order valence-electron chi connectivity index (χ3n) is 3.76. The molecule has 2 rings (SSSR count). The number of methoxy groups -OCH3 is 1. The van der Waals surface area contributed by atoms with Crippen molar-refractivity contribution >= 4 is 11.7 Å². The molecule has 0 bridgehead atoms. The zero-order valence-corrected chi connectivity index (χ0v) is 15.0. The molecule has 2 aromatic rings. The number of benzene rings is 1. The lowest BCUT2D eigenvalue weighted by molar-refractivity contribution is -0.118. The number of aryl methyl sites for hydroxylation is 1. The van der Waals surface area contributed by atoms with Gasteiger partial charge >= 0.3 is 0 Å². The quantitative estimate of drug-likeness (QED) is 0.882. The molecule has 6 nitrogen and oxygen atoms in total. The summed E-state index contributed by atoms with van der Waals surface area (Å²) in [7, 11) is 1.52. The van der Waals surface area contributed by atoms with Crippen LogP contribution >= 0.6 is 0 Å². The zero-order valence-electron chi connectivity index (χ0n) is 15.0. The average molecular weight is 330 g/mol. The molecule has 3 N–H and O–H groups in total. The van der Waals surface area contributed by atoms with E-state index in [9.17, 15) is 4.79 Å². The summed E-state index contributed by atoms with van der Waals surface area (Å²) in [5.41, 5.74) is 8.56. The first-order valence-electron chi connectivity index (χ1n) is 7.96. The first-order chi connectivity index (χ1) is 11.2. The highest BCUT2D eigenvalue weighted by atomic mass is 16.5. The number of rotatable bonds is 5. The Bertz CT molecular complexity index is 716. The third-order valence-corrected chi connectivity index (χ3v) is 3.76. The van der Waals surface area contributed by atoms with Crippen LogP contribution in [0.15, 0.2) is 30.3 Å². The van der Waals surface area contributed by atoms with Crippen LogP contribution in [0.3, 0.4) is 0 Å². The van der Waals surface area contributed by atoms with Crippen LogP contribution in [0.1, 0.15) is 32.0 Å². The van der Waals surface area contributed by atoms with Gasteiger partial charge in [0.2, 0.25) is 5.91 Å². The van der Waals surface area contributed by atoms with Crippen LogP contribution in [-0.4, -0.2) is 35.4 Å². The second kappa shape index (κ2) is 7.15. The number of carbonyl (C=O) groups excluding carboxylic acids is 1. The van der Waals surface area contributed by atoms with E-state index in [-0.39, 0.29) is 17.9 Å². The topological polar surface area (TPSA) is 82.2 Å². The lowest BCUT2D eigenvalue weighted by Gasteiger charge is -2.14. The molecule has 24 heavy (non-hydrogen) atoms. The Kier molecular flexibility index (Phi) is 5.41. The molecule has 130 valence electrons. The fourth-order valence-electron chi connectivity index (χ4n) is 2.30. The predicted octanol–water partition coefficient (Wildman–Crippen LogP) is 2.39. The van der Waals surface area contributed by atoms with E-state index in [4.69, 9.17) is 15.6 Å². The van der Waals surface area contributed by atoms with Crippen molar-refractivity contribution in [1.29, 1.82) is 0 Å². The molecule has 0 aliphatic heterocycles. The minimum atomic E-state index is -0.728. The number of nitrogens with zero attached hydrogens (tertiary/aromatic N) is 2. The fourth-order valence-corrected chi connectivity index (χ4v) is 2.30. The van der Waals surface area contributed by atoms with Gasteiger partial charge in [-0.15, -0.1) is 0 Å². The van der Waals surface area contributed by atoms with Gasteiger partial charge in [-0.2, -0.15) is 5.10 Å². The monoisotopic (exact) mass is 330 g/mol. The van der Waals surface area contributed by atoms with E-state index in [2.05, 4.69) is 26.1 Å². The summed E-state index contributed by atoms with van der Waals surface area (Å²) in [5, 5.41) is 7.57. The molecule has 0 saturated carbocycles. The van der Waals surface area contributed by atoms with Crippen molar-refractivity contribution in [3.8, 4) is 5.69 Å². The lowest BCUT2D eigenvalue weighted by Crippen LogP contribution is -2.39. The van der Waals surface area contributed by atoms with Crippen LogP contribution in [0, 0.1) is 6.92 Å². The highest BCUT2D eigenvalue weighted by Gasteiger charge is 2.23. The maximum Gasteiger partial charge on any atom is 0.244 e. The van der Waals surface area contributed by atoms with Gasteiger partial charge in [-0.3, -0.25) is 4.79 Å². The molecule has 0 saturated heterocycles. The lowest BCUT2D eigenvalue weighted by atomic mass is 9.92. The van der Waals surface area contributed by atoms with Gasteiger partial charge < -0.3 is 15.8 Å². The first kappa shape index (κ1) is 18.2. The van der Waals surface area contributed by atoms with E-state index in [0.717, 1.165) is 16.9 Å². The van der Waals surface area contributed by atoms with Crippen molar-refractivity contribution < 1.29 is 9.53 Å². The number of carbonyl (C=O) groups is 1. The molecule has 1 aromatic carbocycles. The number of hydrogen-bond donors (Lipinski definition) is 2.